The van der Waals surface area contributed by atoms with E-state index in [1.807, 2.05) is 32.7 Å². The van der Waals surface area contributed by atoms with E-state index < -0.39 is 11.7 Å². The summed E-state index contributed by atoms with van der Waals surface area (Å²) >= 11 is 0. The van der Waals surface area contributed by atoms with E-state index in [4.69, 9.17) is 4.74 Å². The predicted octanol–water partition coefficient (Wildman–Crippen LogP) is 0.999. The van der Waals surface area contributed by atoms with E-state index in [0.29, 0.717) is 13.1 Å². The molecular weight excluding hydrogens is 284 g/mol. The summed E-state index contributed by atoms with van der Waals surface area (Å²) in [6.45, 7) is 8.54. The summed E-state index contributed by atoms with van der Waals surface area (Å²) in [5.74, 6) is 0. The van der Waals surface area contributed by atoms with Crippen molar-refractivity contribution >= 4 is 12.1 Å². The van der Waals surface area contributed by atoms with Gasteiger partial charge in [-0.1, -0.05) is 0 Å². The highest BCUT2D eigenvalue weighted by atomic mass is 16.6. The molecule has 0 aliphatic carbocycles. The molecule has 2 heterocycles. The Morgan fingerprint density at radius 1 is 1.32 bits per heavy atom. The number of carbonyl (C=O) groups excluding carboxylic acids is 2. The Morgan fingerprint density at radius 3 is 2.64 bits per heavy atom. The van der Waals surface area contributed by atoms with Gasteiger partial charge in [0.1, 0.15) is 5.60 Å². The number of hydrogen-bond donors (Lipinski definition) is 2. The largest absolute Gasteiger partial charge is 0.444 e. The first-order valence-electron chi connectivity index (χ1n) is 7.98. The minimum Gasteiger partial charge on any atom is -0.444 e. The van der Waals surface area contributed by atoms with E-state index in [1.54, 1.807) is 4.90 Å². The van der Waals surface area contributed by atoms with Crippen molar-refractivity contribution in [3.63, 3.8) is 0 Å². The predicted molar refractivity (Wildman–Crippen MR) is 83.8 cm³/mol. The minimum absolute atomic E-state index is 0.0334. The van der Waals surface area contributed by atoms with Gasteiger partial charge in [-0.15, -0.1) is 0 Å². The van der Waals surface area contributed by atoms with E-state index >= 15 is 0 Å². The van der Waals surface area contributed by atoms with Gasteiger partial charge in [0.15, 0.2) is 0 Å². The molecule has 0 spiro atoms. The Morgan fingerprint density at radius 2 is 2.05 bits per heavy atom. The second-order valence-electron chi connectivity index (χ2n) is 7.12. The van der Waals surface area contributed by atoms with Crippen LogP contribution in [0.1, 0.15) is 33.6 Å². The fourth-order valence-electron chi connectivity index (χ4n) is 2.88. The van der Waals surface area contributed by atoms with E-state index in [9.17, 15) is 9.59 Å². The second kappa shape index (κ2) is 6.73. The highest BCUT2D eigenvalue weighted by Gasteiger charge is 2.32. The molecule has 0 unspecified atom stereocenters. The van der Waals surface area contributed by atoms with Gasteiger partial charge in [-0.3, -0.25) is 0 Å². The number of amides is 3. The molecule has 0 saturated carbocycles. The van der Waals surface area contributed by atoms with E-state index in [2.05, 4.69) is 10.6 Å². The third-order valence-electron chi connectivity index (χ3n) is 4.06. The zero-order valence-electron chi connectivity index (χ0n) is 14.0. The third kappa shape index (κ3) is 4.50. The number of urea groups is 1. The molecule has 2 fully saturated rings. The van der Waals surface area contributed by atoms with Gasteiger partial charge in [0.05, 0.1) is 6.04 Å². The van der Waals surface area contributed by atoms with E-state index in [-0.39, 0.29) is 18.1 Å². The molecule has 0 aromatic rings. The van der Waals surface area contributed by atoms with Crippen LogP contribution in [0.15, 0.2) is 0 Å². The van der Waals surface area contributed by atoms with Crippen molar-refractivity contribution in [2.45, 2.75) is 51.3 Å². The molecule has 7 nitrogen and oxygen atoms in total. The topological polar surface area (TPSA) is 73.9 Å². The van der Waals surface area contributed by atoms with Crippen LogP contribution in [0, 0.1) is 0 Å². The quantitative estimate of drug-likeness (QED) is 0.798. The average Bonchev–Trinajstić information content (AvgIpc) is 3.05. The molecule has 3 amide bonds. The first kappa shape index (κ1) is 16.9. The monoisotopic (exact) mass is 312 g/mol. The van der Waals surface area contributed by atoms with Crippen LogP contribution >= 0.6 is 0 Å². The molecule has 2 atom stereocenters. The van der Waals surface area contributed by atoms with Crippen molar-refractivity contribution in [1.82, 2.24) is 20.4 Å². The number of nitrogens with zero attached hydrogens (tertiary/aromatic N) is 2. The number of ether oxygens (including phenoxy) is 1. The van der Waals surface area contributed by atoms with Gasteiger partial charge in [0.25, 0.3) is 0 Å². The summed E-state index contributed by atoms with van der Waals surface area (Å²) in [5, 5.41) is 6.11. The van der Waals surface area contributed by atoms with E-state index in [0.717, 1.165) is 25.9 Å². The molecule has 0 aromatic carbocycles. The van der Waals surface area contributed by atoms with Crippen LogP contribution in [0.2, 0.25) is 0 Å². The maximum atomic E-state index is 12.5. The Balaban J connectivity index is 1.79. The molecular formula is C15H28N4O3. The number of likely N-dealkylation sites (N-methyl/N-ethyl adjacent to an activating group) is 1. The molecule has 2 aliphatic heterocycles. The standard InChI is InChI=1S/C15H28N4O3/c1-15(2,3)22-13(20)17-11-6-8-19(10-11)14(21)18(4)12-5-7-16-9-12/h11-12,16H,5-10H2,1-4H3,(H,17,20)/t11-,12-/m0/s1. The van der Waals surface area contributed by atoms with Crippen LogP contribution < -0.4 is 10.6 Å². The fourth-order valence-corrected chi connectivity index (χ4v) is 2.88. The number of hydrogen-bond acceptors (Lipinski definition) is 4. The smallest absolute Gasteiger partial charge is 0.407 e. The number of carbonyl (C=O) groups is 2. The lowest BCUT2D eigenvalue weighted by molar-refractivity contribution is 0.0505. The zero-order chi connectivity index (χ0) is 16.3. The van der Waals surface area contributed by atoms with Crippen LogP contribution in [0.25, 0.3) is 0 Å². The third-order valence-corrected chi connectivity index (χ3v) is 4.06. The maximum absolute atomic E-state index is 12.5. The van der Waals surface area contributed by atoms with Crippen molar-refractivity contribution in [1.29, 1.82) is 0 Å². The Bertz CT molecular complexity index is 416. The van der Waals surface area contributed by atoms with Crippen molar-refractivity contribution in [2.75, 3.05) is 33.2 Å². The van der Waals surface area contributed by atoms with E-state index in [1.165, 1.54) is 0 Å². The number of rotatable bonds is 2. The summed E-state index contributed by atoms with van der Waals surface area (Å²) < 4.78 is 5.25. The normalized spacial score (nSPS) is 25.2. The van der Waals surface area contributed by atoms with Crippen molar-refractivity contribution < 1.29 is 14.3 Å². The van der Waals surface area contributed by atoms with Crippen LogP contribution in [-0.2, 0) is 4.74 Å². The van der Waals surface area contributed by atoms with Gasteiger partial charge < -0.3 is 25.2 Å². The lowest BCUT2D eigenvalue weighted by Gasteiger charge is -2.29. The van der Waals surface area contributed by atoms with Crippen LogP contribution in [0.4, 0.5) is 9.59 Å². The lowest BCUT2D eigenvalue weighted by Crippen LogP contribution is -2.47. The number of likely N-dealkylation sites (tertiary alicyclic amines) is 1. The van der Waals surface area contributed by atoms with Crippen molar-refractivity contribution in [3.8, 4) is 0 Å². The SMILES string of the molecule is CN(C(=O)N1CC[C@H](NC(=O)OC(C)(C)C)C1)[C@H]1CCNC1. The second-order valence-corrected chi connectivity index (χ2v) is 7.12. The van der Waals surface area contributed by atoms with Crippen LogP contribution in [0.5, 0.6) is 0 Å². The van der Waals surface area contributed by atoms with Crippen LogP contribution in [-0.4, -0.2) is 72.8 Å². The summed E-state index contributed by atoms with van der Waals surface area (Å²) in [6, 6.07) is 0.279. The molecule has 22 heavy (non-hydrogen) atoms. The first-order valence-corrected chi connectivity index (χ1v) is 7.98. The van der Waals surface area contributed by atoms with Gasteiger partial charge in [0, 0.05) is 32.7 Å². The molecule has 2 N–H and O–H groups in total. The molecule has 2 rings (SSSR count). The summed E-state index contributed by atoms with van der Waals surface area (Å²) in [5.41, 5.74) is -0.506. The molecule has 0 aromatic heterocycles. The van der Waals surface area contributed by atoms with Crippen molar-refractivity contribution in [2.24, 2.45) is 0 Å². The summed E-state index contributed by atoms with van der Waals surface area (Å²) in [4.78, 5) is 27.9. The van der Waals surface area contributed by atoms with Crippen molar-refractivity contribution in [3.05, 3.63) is 0 Å². The highest BCUT2D eigenvalue weighted by Crippen LogP contribution is 2.15. The fraction of sp³-hybridized carbons (Fsp3) is 0.867. The maximum Gasteiger partial charge on any atom is 0.407 e. The number of alkyl carbamates (subject to hydrolysis) is 1. The van der Waals surface area contributed by atoms with Crippen LogP contribution in [0.3, 0.4) is 0 Å². The summed E-state index contributed by atoms with van der Waals surface area (Å²) in [6.07, 6.45) is 1.34. The molecule has 0 radical (unpaired) electrons. The molecule has 7 heteroatoms. The molecule has 0 bridgehead atoms. The summed E-state index contributed by atoms with van der Waals surface area (Å²) in [7, 11) is 1.86. The minimum atomic E-state index is -0.506. The van der Waals surface area contributed by atoms with Gasteiger partial charge in [0.2, 0.25) is 0 Å². The van der Waals surface area contributed by atoms with Gasteiger partial charge in [-0.05, 0) is 40.2 Å². The zero-order valence-corrected chi connectivity index (χ0v) is 14.0. The Labute approximate surface area is 132 Å². The molecule has 2 saturated heterocycles. The van der Waals surface area contributed by atoms with Gasteiger partial charge in [-0.25, -0.2) is 9.59 Å². The Hall–Kier alpha value is -1.50. The molecule has 126 valence electrons. The number of nitrogens with one attached hydrogen (secondary N) is 2. The highest BCUT2D eigenvalue weighted by molar-refractivity contribution is 5.75. The lowest BCUT2D eigenvalue weighted by atomic mass is 10.2. The first-order chi connectivity index (χ1) is 10.3. The van der Waals surface area contributed by atoms with Gasteiger partial charge >= 0.3 is 12.1 Å². The average molecular weight is 312 g/mol. The molecule has 2 aliphatic rings. The Kier molecular flexibility index (Phi) is 5.16. The van der Waals surface area contributed by atoms with Gasteiger partial charge in [-0.2, -0.15) is 0 Å².